The average Bonchev–Trinajstić information content (AvgIpc) is 2.43. The molecule has 0 bridgehead atoms. The SMILES string of the molecule is Cc1ccc(CC(=O)CCCc2ccccc2)nc1. The van der Waals surface area contributed by atoms with Gasteiger partial charge in [-0.1, -0.05) is 36.4 Å². The van der Waals surface area contributed by atoms with Crippen LogP contribution in [-0.2, 0) is 17.6 Å². The van der Waals surface area contributed by atoms with Gasteiger partial charge in [-0.15, -0.1) is 0 Å². The summed E-state index contributed by atoms with van der Waals surface area (Å²) in [6.07, 6.45) is 4.77. The Hall–Kier alpha value is -1.96. The van der Waals surface area contributed by atoms with Gasteiger partial charge >= 0.3 is 0 Å². The van der Waals surface area contributed by atoms with Crippen LogP contribution in [0.15, 0.2) is 48.7 Å². The van der Waals surface area contributed by atoms with Gasteiger partial charge in [-0.3, -0.25) is 9.78 Å². The highest BCUT2D eigenvalue weighted by Gasteiger charge is 2.04. The van der Waals surface area contributed by atoms with Crippen molar-refractivity contribution in [3.8, 4) is 0 Å². The molecule has 2 heteroatoms. The summed E-state index contributed by atoms with van der Waals surface area (Å²) in [5.41, 5.74) is 3.29. The molecule has 1 aromatic heterocycles. The normalized spacial score (nSPS) is 10.4. The minimum atomic E-state index is 0.271. The second-order valence-corrected chi connectivity index (χ2v) is 4.88. The number of hydrogen-bond acceptors (Lipinski definition) is 2. The van der Waals surface area contributed by atoms with E-state index in [1.807, 2.05) is 43.5 Å². The quantitative estimate of drug-likeness (QED) is 0.788. The van der Waals surface area contributed by atoms with Gasteiger partial charge in [0.25, 0.3) is 0 Å². The van der Waals surface area contributed by atoms with Gasteiger partial charge in [0.05, 0.1) is 0 Å². The molecule has 0 spiro atoms. The topological polar surface area (TPSA) is 30.0 Å². The number of nitrogens with zero attached hydrogens (tertiary/aromatic N) is 1. The van der Waals surface area contributed by atoms with Crippen LogP contribution >= 0.6 is 0 Å². The highest BCUT2D eigenvalue weighted by atomic mass is 16.1. The summed E-state index contributed by atoms with van der Waals surface area (Å²) in [7, 11) is 0. The van der Waals surface area contributed by atoms with Crippen LogP contribution in [0.2, 0.25) is 0 Å². The lowest BCUT2D eigenvalue weighted by atomic mass is 10.0. The number of carbonyl (C=O) groups excluding carboxylic acids is 1. The molecule has 2 nitrogen and oxygen atoms in total. The minimum Gasteiger partial charge on any atom is -0.299 e. The fourth-order valence-electron chi connectivity index (χ4n) is 2.03. The monoisotopic (exact) mass is 253 g/mol. The molecule has 0 atom stereocenters. The first-order valence-electron chi connectivity index (χ1n) is 6.71. The van der Waals surface area contributed by atoms with E-state index in [1.54, 1.807) is 0 Å². The van der Waals surface area contributed by atoms with Gasteiger partial charge in [-0.05, 0) is 37.0 Å². The van der Waals surface area contributed by atoms with E-state index in [4.69, 9.17) is 0 Å². The molecular formula is C17H19NO. The summed E-state index contributed by atoms with van der Waals surface area (Å²) in [6.45, 7) is 2.00. The van der Waals surface area contributed by atoms with E-state index in [0.29, 0.717) is 12.8 Å². The third-order valence-electron chi connectivity index (χ3n) is 3.11. The molecule has 0 fully saturated rings. The molecule has 1 heterocycles. The zero-order valence-corrected chi connectivity index (χ0v) is 11.3. The van der Waals surface area contributed by atoms with Gasteiger partial charge in [-0.25, -0.2) is 0 Å². The highest BCUT2D eigenvalue weighted by Crippen LogP contribution is 2.07. The van der Waals surface area contributed by atoms with Crippen molar-refractivity contribution in [3.05, 3.63) is 65.5 Å². The Kier molecular flexibility index (Phi) is 4.85. The van der Waals surface area contributed by atoms with Crippen molar-refractivity contribution >= 4 is 5.78 Å². The molecule has 2 aromatic rings. The first-order chi connectivity index (χ1) is 9.24. The van der Waals surface area contributed by atoms with E-state index < -0.39 is 0 Å². The molecule has 19 heavy (non-hydrogen) atoms. The van der Waals surface area contributed by atoms with Gasteiger partial charge in [0.2, 0.25) is 0 Å². The second-order valence-electron chi connectivity index (χ2n) is 4.88. The molecule has 0 aliphatic heterocycles. The van der Waals surface area contributed by atoms with E-state index in [-0.39, 0.29) is 5.78 Å². The fourth-order valence-corrected chi connectivity index (χ4v) is 2.03. The van der Waals surface area contributed by atoms with Crippen molar-refractivity contribution in [2.45, 2.75) is 32.6 Å². The smallest absolute Gasteiger partial charge is 0.138 e. The molecule has 0 aliphatic rings. The maximum Gasteiger partial charge on any atom is 0.138 e. The Morgan fingerprint density at radius 1 is 1.11 bits per heavy atom. The lowest BCUT2D eigenvalue weighted by Crippen LogP contribution is -2.04. The van der Waals surface area contributed by atoms with Gasteiger partial charge in [0.15, 0.2) is 0 Å². The van der Waals surface area contributed by atoms with Gasteiger partial charge < -0.3 is 0 Å². The standard InChI is InChI=1S/C17H19NO/c1-14-10-11-16(18-13-14)12-17(19)9-5-8-15-6-3-2-4-7-15/h2-4,6-7,10-11,13H,5,8-9,12H2,1H3. The van der Waals surface area contributed by atoms with Crippen LogP contribution in [0.1, 0.15) is 29.7 Å². The summed E-state index contributed by atoms with van der Waals surface area (Å²) in [4.78, 5) is 16.1. The zero-order chi connectivity index (χ0) is 13.5. The third-order valence-corrected chi connectivity index (χ3v) is 3.11. The summed E-state index contributed by atoms with van der Waals surface area (Å²) < 4.78 is 0. The van der Waals surface area contributed by atoms with Crippen LogP contribution in [0.3, 0.4) is 0 Å². The second kappa shape index (κ2) is 6.83. The number of benzene rings is 1. The van der Waals surface area contributed by atoms with Crippen LogP contribution in [-0.4, -0.2) is 10.8 Å². The molecule has 0 radical (unpaired) electrons. The van der Waals surface area contributed by atoms with Crippen molar-refractivity contribution in [2.75, 3.05) is 0 Å². The lowest BCUT2D eigenvalue weighted by molar-refractivity contribution is -0.118. The number of Topliss-reactive ketones (excluding diaryl/α,β-unsaturated/α-hetero) is 1. The van der Waals surface area contributed by atoms with Crippen LogP contribution in [0.5, 0.6) is 0 Å². The van der Waals surface area contributed by atoms with Gasteiger partial charge in [-0.2, -0.15) is 0 Å². The van der Waals surface area contributed by atoms with Crippen molar-refractivity contribution < 1.29 is 4.79 Å². The maximum atomic E-state index is 11.8. The van der Waals surface area contributed by atoms with Gasteiger partial charge in [0, 0.05) is 24.7 Å². The number of aryl methyl sites for hydroxylation is 2. The number of rotatable bonds is 6. The Morgan fingerprint density at radius 2 is 1.89 bits per heavy atom. The molecule has 2 rings (SSSR count). The first kappa shape index (κ1) is 13.5. The number of hydrogen-bond donors (Lipinski definition) is 0. The molecule has 0 saturated heterocycles. The molecule has 0 N–H and O–H groups in total. The minimum absolute atomic E-state index is 0.271. The van der Waals surface area contributed by atoms with Crippen LogP contribution in [0, 0.1) is 6.92 Å². The first-order valence-corrected chi connectivity index (χ1v) is 6.71. The lowest BCUT2D eigenvalue weighted by Gasteiger charge is -2.02. The Bertz CT molecular complexity index is 517. The molecule has 0 unspecified atom stereocenters. The molecule has 98 valence electrons. The van der Waals surface area contributed by atoms with E-state index >= 15 is 0 Å². The van der Waals surface area contributed by atoms with Crippen molar-refractivity contribution in [1.29, 1.82) is 0 Å². The van der Waals surface area contributed by atoms with E-state index in [2.05, 4.69) is 17.1 Å². The fraction of sp³-hybridized carbons (Fsp3) is 0.294. The summed E-state index contributed by atoms with van der Waals surface area (Å²) in [6, 6.07) is 14.2. The summed E-state index contributed by atoms with van der Waals surface area (Å²) in [5, 5.41) is 0. The predicted molar refractivity (Wildman–Crippen MR) is 77.1 cm³/mol. The molecule has 0 aliphatic carbocycles. The summed E-state index contributed by atoms with van der Waals surface area (Å²) in [5.74, 6) is 0.271. The van der Waals surface area contributed by atoms with Crippen molar-refractivity contribution in [1.82, 2.24) is 4.98 Å². The van der Waals surface area contributed by atoms with E-state index in [9.17, 15) is 4.79 Å². The largest absolute Gasteiger partial charge is 0.299 e. The number of pyridine rings is 1. The average molecular weight is 253 g/mol. The summed E-state index contributed by atoms with van der Waals surface area (Å²) >= 11 is 0. The zero-order valence-electron chi connectivity index (χ0n) is 11.3. The molecule has 0 amide bonds. The Labute approximate surface area is 114 Å². The van der Waals surface area contributed by atoms with Gasteiger partial charge in [0.1, 0.15) is 5.78 Å². The maximum absolute atomic E-state index is 11.8. The van der Waals surface area contributed by atoms with Crippen molar-refractivity contribution in [2.24, 2.45) is 0 Å². The van der Waals surface area contributed by atoms with Crippen LogP contribution < -0.4 is 0 Å². The molecule has 0 saturated carbocycles. The predicted octanol–water partition coefficient (Wildman–Crippen LogP) is 3.52. The highest BCUT2D eigenvalue weighted by molar-refractivity contribution is 5.80. The Balaban J connectivity index is 1.74. The van der Waals surface area contributed by atoms with Crippen LogP contribution in [0.4, 0.5) is 0 Å². The van der Waals surface area contributed by atoms with E-state index in [1.165, 1.54) is 5.56 Å². The van der Waals surface area contributed by atoms with Crippen LogP contribution in [0.25, 0.3) is 0 Å². The van der Waals surface area contributed by atoms with E-state index in [0.717, 1.165) is 24.1 Å². The number of aromatic nitrogens is 1. The number of carbonyl (C=O) groups is 1. The Morgan fingerprint density at radius 3 is 2.58 bits per heavy atom. The third kappa shape index (κ3) is 4.66. The molecule has 1 aromatic carbocycles. The van der Waals surface area contributed by atoms with Crippen molar-refractivity contribution in [3.63, 3.8) is 0 Å². The molecular weight excluding hydrogens is 234 g/mol. The number of ketones is 1.